The third-order valence-electron chi connectivity index (χ3n) is 6.46. The van der Waals surface area contributed by atoms with Crippen molar-refractivity contribution < 1.29 is 14.3 Å². The highest BCUT2D eigenvalue weighted by atomic mass is 16.5. The van der Waals surface area contributed by atoms with E-state index in [1.807, 2.05) is 114 Å². The van der Waals surface area contributed by atoms with Crippen molar-refractivity contribution in [3.05, 3.63) is 126 Å². The number of hydrogen-bond donors (Lipinski definition) is 0. The topological polar surface area (TPSA) is 38.8 Å². The Kier molecular flexibility index (Phi) is 5.35. The first kappa shape index (κ1) is 20.8. The summed E-state index contributed by atoms with van der Waals surface area (Å²) < 4.78 is 10.7. The lowest BCUT2D eigenvalue weighted by Gasteiger charge is -2.57. The van der Waals surface area contributed by atoms with Crippen LogP contribution in [0, 0.1) is 0 Å². The maximum absolute atomic E-state index is 14.2. The second-order valence-electron chi connectivity index (χ2n) is 8.09. The Morgan fingerprint density at radius 3 is 1.55 bits per heavy atom. The van der Waals surface area contributed by atoms with E-state index in [1.165, 1.54) is 0 Å². The molecule has 1 heterocycles. The van der Waals surface area contributed by atoms with Gasteiger partial charge in [-0.15, -0.1) is 0 Å². The monoisotopic (exact) mass is 435 g/mol. The van der Waals surface area contributed by atoms with E-state index < -0.39 is 5.41 Å². The quantitative estimate of drug-likeness (QED) is 0.361. The van der Waals surface area contributed by atoms with E-state index in [2.05, 4.69) is 0 Å². The normalized spacial score (nSPS) is 16.7. The van der Waals surface area contributed by atoms with Gasteiger partial charge in [0.2, 0.25) is 5.91 Å². The van der Waals surface area contributed by atoms with Crippen molar-refractivity contribution in [3.63, 3.8) is 0 Å². The Bertz CT molecular complexity index is 1200. The summed E-state index contributed by atoms with van der Waals surface area (Å²) in [6, 6.07) is 35.6. The minimum atomic E-state index is -0.836. The molecule has 0 aromatic heterocycles. The zero-order valence-corrected chi connectivity index (χ0v) is 18.6. The second kappa shape index (κ2) is 8.47. The van der Waals surface area contributed by atoms with Gasteiger partial charge in [0.05, 0.1) is 20.3 Å². The van der Waals surface area contributed by atoms with Gasteiger partial charge in [0.25, 0.3) is 0 Å². The summed E-state index contributed by atoms with van der Waals surface area (Å²) in [5, 5.41) is 0. The number of anilines is 1. The van der Waals surface area contributed by atoms with Gasteiger partial charge in [0.15, 0.2) is 0 Å². The number of carbonyl (C=O) groups is 1. The van der Waals surface area contributed by atoms with E-state index in [4.69, 9.17) is 9.47 Å². The average molecular weight is 436 g/mol. The Hall–Kier alpha value is -4.05. The molecule has 0 N–H and O–H groups in total. The fourth-order valence-corrected chi connectivity index (χ4v) is 4.88. The van der Waals surface area contributed by atoms with Crippen LogP contribution < -0.4 is 14.4 Å². The van der Waals surface area contributed by atoms with Gasteiger partial charge in [-0.25, -0.2) is 0 Å². The molecule has 4 aromatic carbocycles. The molecule has 1 aliphatic rings. The molecule has 0 unspecified atom stereocenters. The maximum Gasteiger partial charge on any atom is 0.245 e. The summed E-state index contributed by atoms with van der Waals surface area (Å²) in [5.74, 6) is 1.58. The summed E-state index contributed by atoms with van der Waals surface area (Å²) >= 11 is 0. The van der Waals surface area contributed by atoms with Crippen LogP contribution in [0.3, 0.4) is 0 Å². The molecule has 5 rings (SSSR count). The first-order valence-corrected chi connectivity index (χ1v) is 10.9. The van der Waals surface area contributed by atoms with Gasteiger partial charge in [-0.05, 0) is 53.1 Å². The number of benzene rings is 4. The molecule has 0 bridgehead atoms. The minimum Gasteiger partial charge on any atom is -0.497 e. The fourth-order valence-electron chi connectivity index (χ4n) is 4.88. The predicted octanol–water partition coefficient (Wildman–Crippen LogP) is 5.78. The minimum absolute atomic E-state index is 0.0471. The maximum atomic E-state index is 14.2. The first-order valence-electron chi connectivity index (χ1n) is 10.9. The fraction of sp³-hybridized carbons (Fsp3) is 0.138. The molecule has 0 spiro atoms. The van der Waals surface area contributed by atoms with Gasteiger partial charge in [-0.1, -0.05) is 72.8 Å². The molecule has 4 nitrogen and oxygen atoms in total. The number of rotatable bonds is 6. The molecule has 4 heteroatoms. The highest BCUT2D eigenvalue weighted by Gasteiger charge is 2.63. The second-order valence-corrected chi connectivity index (χ2v) is 8.09. The summed E-state index contributed by atoms with van der Waals surface area (Å²) in [6.45, 7) is 0. The van der Waals surface area contributed by atoms with Crippen molar-refractivity contribution in [1.82, 2.24) is 0 Å². The lowest BCUT2D eigenvalue weighted by molar-refractivity contribution is -0.131. The third-order valence-corrected chi connectivity index (χ3v) is 6.46. The molecular formula is C29H25NO3. The molecule has 0 aliphatic carbocycles. The number of β-lactam (4-membered cyclic amide) rings is 1. The van der Waals surface area contributed by atoms with Gasteiger partial charge in [-0.3, -0.25) is 4.79 Å². The first-order chi connectivity index (χ1) is 16.2. The number of hydrogen-bond acceptors (Lipinski definition) is 3. The van der Waals surface area contributed by atoms with Crippen LogP contribution in [0.2, 0.25) is 0 Å². The van der Waals surface area contributed by atoms with Crippen LogP contribution in [0.4, 0.5) is 5.69 Å². The van der Waals surface area contributed by atoms with Crippen LogP contribution in [0.1, 0.15) is 22.7 Å². The molecular weight excluding hydrogens is 410 g/mol. The largest absolute Gasteiger partial charge is 0.497 e. The van der Waals surface area contributed by atoms with Gasteiger partial charge in [0.1, 0.15) is 16.9 Å². The molecule has 164 valence electrons. The number of nitrogens with zero attached hydrogens (tertiary/aromatic N) is 1. The number of methoxy groups -OCH3 is 2. The van der Waals surface area contributed by atoms with Gasteiger partial charge in [0, 0.05) is 5.69 Å². The van der Waals surface area contributed by atoms with Crippen molar-refractivity contribution in [2.75, 3.05) is 19.1 Å². The van der Waals surface area contributed by atoms with E-state index in [0.29, 0.717) is 0 Å². The van der Waals surface area contributed by atoms with Gasteiger partial charge < -0.3 is 14.4 Å². The van der Waals surface area contributed by atoms with E-state index in [-0.39, 0.29) is 11.9 Å². The molecule has 0 radical (unpaired) electrons. The van der Waals surface area contributed by atoms with Crippen molar-refractivity contribution in [2.24, 2.45) is 0 Å². The van der Waals surface area contributed by atoms with Crippen molar-refractivity contribution in [2.45, 2.75) is 11.5 Å². The number of ether oxygens (including phenoxy) is 2. The Morgan fingerprint density at radius 2 is 1.09 bits per heavy atom. The van der Waals surface area contributed by atoms with Crippen LogP contribution in [0.5, 0.6) is 11.5 Å². The van der Waals surface area contributed by atoms with Crippen LogP contribution in [0.25, 0.3) is 0 Å². The highest BCUT2D eigenvalue weighted by Crippen LogP contribution is 2.57. The van der Waals surface area contributed by atoms with Crippen LogP contribution >= 0.6 is 0 Å². The molecule has 1 saturated heterocycles. The summed E-state index contributed by atoms with van der Waals surface area (Å²) in [5.41, 5.74) is 3.00. The molecule has 1 fully saturated rings. The molecule has 33 heavy (non-hydrogen) atoms. The molecule has 0 saturated carbocycles. The van der Waals surface area contributed by atoms with E-state index in [0.717, 1.165) is 33.9 Å². The van der Waals surface area contributed by atoms with Gasteiger partial charge in [-0.2, -0.15) is 0 Å². The smallest absolute Gasteiger partial charge is 0.245 e. The van der Waals surface area contributed by atoms with Crippen LogP contribution in [-0.4, -0.2) is 20.1 Å². The standard InChI is InChI=1S/C29H25NO3/c1-32-25-17-13-21(14-18-25)27-29(22-9-5-3-6-10-22,23-11-7-4-8-12-23)28(31)30(27)24-15-19-26(33-2)20-16-24/h3-20,27H,1-2H3/t27-/m1/s1. The van der Waals surface area contributed by atoms with Crippen LogP contribution in [-0.2, 0) is 10.2 Å². The van der Waals surface area contributed by atoms with Crippen LogP contribution in [0.15, 0.2) is 109 Å². The Labute approximate surface area is 194 Å². The number of carbonyl (C=O) groups excluding carboxylic acids is 1. The average Bonchev–Trinajstić information content (AvgIpc) is 2.89. The SMILES string of the molecule is COc1ccc([C@H]2N(c3ccc(OC)cc3)C(=O)C2(c2ccccc2)c2ccccc2)cc1. The van der Waals surface area contributed by atoms with Gasteiger partial charge >= 0.3 is 0 Å². The lowest BCUT2D eigenvalue weighted by atomic mass is 9.59. The lowest BCUT2D eigenvalue weighted by Crippen LogP contribution is -2.67. The summed E-state index contributed by atoms with van der Waals surface area (Å²) in [4.78, 5) is 16.1. The van der Waals surface area contributed by atoms with E-state index in [9.17, 15) is 4.79 Å². The molecule has 1 amide bonds. The molecule has 4 aromatic rings. The zero-order chi connectivity index (χ0) is 22.8. The Balaban J connectivity index is 1.73. The van der Waals surface area contributed by atoms with Crippen molar-refractivity contribution in [3.8, 4) is 11.5 Å². The molecule has 1 atom stereocenters. The van der Waals surface area contributed by atoms with E-state index >= 15 is 0 Å². The molecule has 1 aliphatic heterocycles. The highest BCUT2D eigenvalue weighted by molar-refractivity contribution is 6.12. The predicted molar refractivity (Wildman–Crippen MR) is 130 cm³/mol. The third kappa shape index (κ3) is 3.26. The van der Waals surface area contributed by atoms with Crippen molar-refractivity contribution >= 4 is 11.6 Å². The zero-order valence-electron chi connectivity index (χ0n) is 18.6. The number of amides is 1. The Morgan fingerprint density at radius 1 is 0.636 bits per heavy atom. The van der Waals surface area contributed by atoms with E-state index in [1.54, 1.807) is 14.2 Å². The summed E-state index contributed by atoms with van der Waals surface area (Å²) in [6.07, 6.45) is 0. The summed E-state index contributed by atoms with van der Waals surface area (Å²) in [7, 11) is 3.30. The van der Waals surface area contributed by atoms with Crippen molar-refractivity contribution in [1.29, 1.82) is 0 Å².